The van der Waals surface area contributed by atoms with Crippen LogP contribution < -0.4 is 11.1 Å². The Bertz CT molecular complexity index is 530. The highest BCUT2D eigenvalue weighted by atomic mass is 16.2. The Morgan fingerprint density at radius 3 is 2.80 bits per heavy atom. The molecule has 2 heterocycles. The van der Waals surface area contributed by atoms with E-state index in [-0.39, 0.29) is 5.91 Å². The van der Waals surface area contributed by atoms with Crippen molar-refractivity contribution >= 4 is 11.8 Å². The van der Waals surface area contributed by atoms with Gasteiger partial charge in [-0.1, -0.05) is 6.07 Å². The molecule has 1 aromatic carbocycles. The summed E-state index contributed by atoms with van der Waals surface area (Å²) in [5.41, 5.74) is 6.18. The number of hydrogen-bond acceptors (Lipinski definition) is 3. The lowest BCUT2D eigenvalue weighted by Gasteiger charge is -2.24. The van der Waals surface area contributed by atoms with Gasteiger partial charge in [-0.25, -0.2) is 0 Å². The Hall–Kier alpha value is -1.88. The van der Waals surface area contributed by atoms with E-state index in [9.17, 15) is 9.59 Å². The van der Waals surface area contributed by atoms with Crippen LogP contribution in [0, 0.1) is 5.92 Å². The highest BCUT2D eigenvalue weighted by molar-refractivity contribution is 5.99. The van der Waals surface area contributed by atoms with Gasteiger partial charge in [0.2, 0.25) is 5.91 Å². The van der Waals surface area contributed by atoms with Crippen LogP contribution >= 0.6 is 0 Å². The number of likely N-dealkylation sites (tertiary alicyclic amines) is 1. The molecular weight excluding hydrogens is 254 g/mol. The minimum atomic E-state index is -0.503. The maximum Gasteiger partial charge on any atom is 0.253 e. The van der Waals surface area contributed by atoms with E-state index in [4.69, 9.17) is 5.73 Å². The molecule has 1 aromatic rings. The summed E-state index contributed by atoms with van der Waals surface area (Å²) < 4.78 is 0. The number of carbonyl (C=O) groups excluding carboxylic acids is 2. The SMILES string of the molecule is NC(=O)c1cccc(C(=O)N2C[C@@H]3CCCN[C@@H]3C2)c1. The Morgan fingerprint density at radius 1 is 1.25 bits per heavy atom. The summed E-state index contributed by atoms with van der Waals surface area (Å²) in [6.07, 6.45) is 2.36. The number of piperidine rings is 1. The zero-order chi connectivity index (χ0) is 14.1. The van der Waals surface area contributed by atoms with Crippen molar-refractivity contribution in [3.8, 4) is 0 Å². The third kappa shape index (κ3) is 2.41. The van der Waals surface area contributed by atoms with Gasteiger partial charge in [-0.3, -0.25) is 9.59 Å². The van der Waals surface area contributed by atoms with Gasteiger partial charge in [0.1, 0.15) is 0 Å². The van der Waals surface area contributed by atoms with Gasteiger partial charge in [-0.05, 0) is 43.5 Å². The summed E-state index contributed by atoms with van der Waals surface area (Å²) >= 11 is 0. The number of nitrogens with two attached hydrogens (primary N) is 1. The highest BCUT2D eigenvalue weighted by Gasteiger charge is 2.36. The van der Waals surface area contributed by atoms with Crippen LogP contribution in [-0.2, 0) is 0 Å². The molecule has 0 aliphatic carbocycles. The van der Waals surface area contributed by atoms with Crippen LogP contribution in [0.5, 0.6) is 0 Å². The van der Waals surface area contributed by atoms with Crippen molar-refractivity contribution in [2.45, 2.75) is 18.9 Å². The summed E-state index contributed by atoms with van der Waals surface area (Å²) in [4.78, 5) is 25.6. The zero-order valence-electron chi connectivity index (χ0n) is 11.3. The fraction of sp³-hybridized carbons (Fsp3) is 0.467. The van der Waals surface area contributed by atoms with Gasteiger partial charge in [-0.2, -0.15) is 0 Å². The predicted molar refractivity (Wildman–Crippen MR) is 75.4 cm³/mol. The molecule has 2 atom stereocenters. The van der Waals surface area contributed by atoms with E-state index in [1.807, 2.05) is 4.90 Å². The Balaban J connectivity index is 1.76. The molecule has 0 radical (unpaired) electrons. The number of benzene rings is 1. The first-order chi connectivity index (χ1) is 9.65. The zero-order valence-corrected chi connectivity index (χ0v) is 11.3. The van der Waals surface area contributed by atoms with Crippen molar-refractivity contribution in [3.63, 3.8) is 0 Å². The maximum absolute atomic E-state index is 12.5. The second-order valence-corrected chi connectivity index (χ2v) is 5.62. The number of primary amides is 1. The molecule has 106 valence electrons. The second-order valence-electron chi connectivity index (χ2n) is 5.62. The molecule has 2 fully saturated rings. The van der Waals surface area contributed by atoms with E-state index in [1.165, 1.54) is 12.8 Å². The Kier molecular flexibility index (Phi) is 3.44. The first-order valence-corrected chi connectivity index (χ1v) is 7.07. The molecule has 3 rings (SSSR count). The van der Waals surface area contributed by atoms with Crippen molar-refractivity contribution in [2.75, 3.05) is 19.6 Å². The third-order valence-electron chi connectivity index (χ3n) is 4.28. The number of hydrogen-bond donors (Lipinski definition) is 2. The van der Waals surface area contributed by atoms with Crippen LogP contribution in [0.15, 0.2) is 24.3 Å². The number of fused-ring (bicyclic) bond motifs is 1. The highest BCUT2D eigenvalue weighted by Crippen LogP contribution is 2.26. The summed E-state index contributed by atoms with van der Waals surface area (Å²) in [6, 6.07) is 7.08. The van der Waals surface area contributed by atoms with Crippen LogP contribution in [0.3, 0.4) is 0 Å². The predicted octanol–water partition coefficient (Wildman–Crippen LogP) is 0.610. The quantitative estimate of drug-likeness (QED) is 0.829. The van der Waals surface area contributed by atoms with Gasteiger partial charge in [0.05, 0.1) is 0 Å². The number of rotatable bonds is 2. The monoisotopic (exact) mass is 273 g/mol. The van der Waals surface area contributed by atoms with Crippen LogP contribution in [0.4, 0.5) is 0 Å². The Labute approximate surface area is 118 Å². The van der Waals surface area contributed by atoms with Crippen LogP contribution in [0.1, 0.15) is 33.6 Å². The van der Waals surface area contributed by atoms with E-state index in [1.54, 1.807) is 24.3 Å². The van der Waals surface area contributed by atoms with Gasteiger partial charge >= 0.3 is 0 Å². The van der Waals surface area contributed by atoms with Gasteiger partial charge in [0.15, 0.2) is 0 Å². The molecule has 3 N–H and O–H groups in total. The summed E-state index contributed by atoms with van der Waals surface area (Å²) in [5, 5.41) is 3.48. The van der Waals surface area contributed by atoms with E-state index in [0.29, 0.717) is 23.1 Å². The molecule has 0 spiro atoms. The lowest BCUT2D eigenvalue weighted by molar-refractivity contribution is 0.0785. The number of nitrogens with zero attached hydrogens (tertiary/aromatic N) is 1. The van der Waals surface area contributed by atoms with Gasteiger partial charge < -0.3 is 16.0 Å². The fourth-order valence-corrected chi connectivity index (χ4v) is 3.20. The molecule has 0 saturated carbocycles. The lowest BCUT2D eigenvalue weighted by atomic mass is 9.94. The van der Waals surface area contributed by atoms with Gasteiger partial charge in [-0.15, -0.1) is 0 Å². The van der Waals surface area contributed by atoms with Crippen LogP contribution in [-0.4, -0.2) is 42.4 Å². The van der Waals surface area contributed by atoms with E-state index < -0.39 is 5.91 Å². The molecule has 0 aromatic heterocycles. The molecule has 20 heavy (non-hydrogen) atoms. The molecule has 0 bridgehead atoms. The first kappa shape index (κ1) is 13.1. The summed E-state index contributed by atoms with van der Waals surface area (Å²) in [6.45, 7) is 2.60. The minimum Gasteiger partial charge on any atom is -0.366 e. The Morgan fingerprint density at radius 2 is 2.05 bits per heavy atom. The smallest absolute Gasteiger partial charge is 0.253 e. The molecule has 5 heteroatoms. The van der Waals surface area contributed by atoms with Crippen LogP contribution in [0.25, 0.3) is 0 Å². The summed E-state index contributed by atoms with van der Waals surface area (Å²) in [7, 11) is 0. The molecule has 0 unspecified atom stereocenters. The molecule has 5 nitrogen and oxygen atoms in total. The van der Waals surface area contributed by atoms with Crippen molar-refractivity contribution in [3.05, 3.63) is 35.4 Å². The van der Waals surface area contributed by atoms with Crippen LogP contribution in [0.2, 0.25) is 0 Å². The maximum atomic E-state index is 12.5. The second kappa shape index (κ2) is 5.25. The van der Waals surface area contributed by atoms with Crippen molar-refractivity contribution < 1.29 is 9.59 Å². The van der Waals surface area contributed by atoms with Crippen molar-refractivity contribution in [1.82, 2.24) is 10.2 Å². The standard InChI is InChI=1S/C15H19N3O2/c16-14(19)10-3-1-4-11(7-10)15(20)18-8-12-5-2-6-17-13(12)9-18/h1,3-4,7,12-13,17H,2,5-6,8-9H2,(H2,16,19)/t12-,13+/m0/s1. The van der Waals surface area contributed by atoms with Crippen molar-refractivity contribution in [2.24, 2.45) is 11.7 Å². The molecule has 2 aliphatic rings. The molecular formula is C15H19N3O2. The molecule has 2 saturated heterocycles. The molecule has 2 amide bonds. The normalized spacial score (nSPS) is 25.3. The van der Waals surface area contributed by atoms with Gasteiger partial charge in [0.25, 0.3) is 5.91 Å². The number of carbonyl (C=O) groups is 2. The van der Waals surface area contributed by atoms with E-state index in [0.717, 1.165) is 19.6 Å². The largest absolute Gasteiger partial charge is 0.366 e. The van der Waals surface area contributed by atoms with Gasteiger partial charge in [0, 0.05) is 30.3 Å². The minimum absolute atomic E-state index is 0.00991. The lowest BCUT2D eigenvalue weighted by Crippen LogP contribution is -2.41. The average molecular weight is 273 g/mol. The van der Waals surface area contributed by atoms with E-state index in [2.05, 4.69) is 5.32 Å². The number of nitrogens with one attached hydrogen (secondary N) is 1. The fourth-order valence-electron chi connectivity index (χ4n) is 3.20. The summed E-state index contributed by atoms with van der Waals surface area (Å²) in [5.74, 6) is 0.0488. The topological polar surface area (TPSA) is 75.4 Å². The number of amides is 2. The molecule has 2 aliphatic heterocycles. The first-order valence-electron chi connectivity index (χ1n) is 7.07. The third-order valence-corrected chi connectivity index (χ3v) is 4.28. The van der Waals surface area contributed by atoms with Crippen molar-refractivity contribution in [1.29, 1.82) is 0 Å². The van der Waals surface area contributed by atoms with E-state index >= 15 is 0 Å². The average Bonchev–Trinajstić information content (AvgIpc) is 2.90.